The molecule has 5 rings (SSSR count). The summed E-state index contributed by atoms with van der Waals surface area (Å²) in [6.07, 6.45) is 8.26. The molecule has 1 aliphatic carbocycles. The molecule has 33 heavy (non-hydrogen) atoms. The molecule has 1 saturated carbocycles. The number of piperidine rings is 1. The van der Waals surface area contributed by atoms with Gasteiger partial charge in [0.15, 0.2) is 0 Å². The molecule has 2 aliphatic rings. The van der Waals surface area contributed by atoms with E-state index in [1.807, 2.05) is 35.5 Å². The van der Waals surface area contributed by atoms with E-state index in [0.717, 1.165) is 56.2 Å². The number of aromatic nitrogens is 5. The molecule has 0 spiro atoms. The monoisotopic (exact) mass is 450 g/mol. The Bertz CT molecular complexity index is 1080. The maximum atomic E-state index is 12.7. The van der Waals surface area contributed by atoms with Crippen LogP contribution in [0.25, 0.3) is 11.4 Å². The van der Waals surface area contributed by atoms with Gasteiger partial charge in [-0.15, -0.1) is 10.2 Å². The third kappa shape index (κ3) is 5.23. The highest BCUT2D eigenvalue weighted by molar-refractivity contribution is 5.76. The first-order valence-electron chi connectivity index (χ1n) is 11.8. The molecular formula is C24H30N6O3. The first-order chi connectivity index (χ1) is 16.2. The Hall–Kier alpha value is -3.23. The first-order valence-corrected chi connectivity index (χ1v) is 11.8. The van der Waals surface area contributed by atoms with Crippen molar-refractivity contribution in [3.05, 3.63) is 42.3 Å². The molecule has 0 atom stereocenters. The maximum Gasteiger partial charge on any atom is 0.227 e. The van der Waals surface area contributed by atoms with E-state index in [1.54, 1.807) is 7.11 Å². The molecule has 3 aromatic rings. The van der Waals surface area contributed by atoms with Crippen molar-refractivity contribution >= 4 is 5.91 Å². The third-order valence-corrected chi connectivity index (χ3v) is 6.65. The van der Waals surface area contributed by atoms with Crippen LogP contribution in [-0.2, 0) is 24.2 Å². The minimum absolute atomic E-state index is 0.141. The van der Waals surface area contributed by atoms with Crippen molar-refractivity contribution in [1.82, 2.24) is 29.8 Å². The molecule has 2 fully saturated rings. The lowest BCUT2D eigenvalue weighted by molar-refractivity contribution is -0.132. The lowest BCUT2D eigenvalue weighted by Gasteiger charge is -2.32. The summed E-state index contributed by atoms with van der Waals surface area (Å²) in [6, 6.07) is 7.54. The second kappa shape index (κ2) is 9.72. The fourth-order valence-corrected chi connectivity index (χ4v) is 4.48. The zero-order valence-electron chi connectivity index (χ0n) is 19.0. The van der Waals surface area contributed by atoms with Crippen molar-refractivity contribution < 1.29 is 14.1 Å². The number of benzene rings is 1. The van der Waals surface area contributed by atoms with Crippen LogP contribution in [0.15, 0.2) is 35.1 Å². The number of hydrogen-bond acceptors (Lipinski definition) is 7. The van der Waals surface area contributed by atoms with Crippen LogP contribution in [0.2, 0.25) is 0 Å². The van der Waals surface area contributed by atoms with Crippen LogP contribution in [0.4, 0.5) is 0 Å². The van der Waals surface area contributed by atoms with Crippen LogP contribution in [0.3, 0.4) is 0 Å². The molecule has 174 valence electrons. The van der Waals surface area contributed by atoms with Gasteiger partial charge in [0.25, 0.3) is 0 Å². The van der Waals surface area contributed by atoms with Gasteiger partial charge < -0.3 is 18.7 Å². The van der Waals surface area contributed by atoms with Gasteiger partial charge in [0.05, 0.1) is 12.7 Å². The van der Waals surface area contributed by atoms with E-state index in [2.05, 4.69) is 24.9 Å². The Balaban J connectivity index is 1.09. The average Bonchev–Trinajstić information content (AvgIpc) is 3.36. The second-order valence-corrected chi connectivity index (χ2v) is 9.08. The lowest BCUT2D eigenvalue weighted by Crippen LogP contribution is -2.39. The second-order valence-electron chi connectivity index (χ2n) is 9.08. The van der Waals surface area contributed by atoms with Gasteiger partial charge in [-0.3, -0.25) is 4.79 Å². The fourth-order valence-electron chi connectivity index (χ4n) is 4.48. The Morgan fingerprint density at radius 1 is 1.15 bits per heavy atom. The number of para-hydroxylation sites is 1. The third-order valence-electron chi connectivity index (χ3n) is 6.65. The summed E-state index contributed by atoms with van der Waals surface area (Å²) in [5.74, 6) is 4.23. The summed E-state index contributed by atoms with van der Waals surface area (Å²) in [4.78, 5) is 19.2. The summed E-state index contributed by atoms with van der Waals surface area (Å²) in [6.45, 7) is 2.63. The van der Waals surface area contributed by atoms with Crippen LogP contribution in [0, 0.1) is 11.8 Å². The molecule has 3 heterocycles. The van der Waals surface area contributed by atoms with E-state index in [0.29, 0.717) is 36.2 Å². The topological polar surface area (TPSA) is 99.2 Å². The number of carbonyl (C=O) groups is 1. The number of rotatable bonds is 9. The van der Waals surface area contributed by atoms with Gasteiger partial charge in [-0.1, -0.05) is 17.3 Å². The highest BCUT2D eigenvalue weighted by Gasteiger charge is 2.26. The average molecular weight is 451 g/mol. The van der Waals surface area contributed by atoms with Crippen molar-refractivity contribution in [2.45, 2.75) is 51.5 Å². The molecule has 0 N–H and O–H groups in total. The SMILES string of the molecule is COc1ccccc1-c1noc(CCC(=O)N2CCC(Cc3nncn3CC3CC3)CC2)n1. The molecule has 2 aromatic heterocycles. The van der Waals surface area contributed by atoms with Gasteiger partial charge in [-0.05, 0) is 49.7 Å². The number of ether oxygens (including phenoxy) is 1. The van der Waals surface area contributed by atoms with E-state index in [-0.39, 0.29) is 5.91 Å². The van der Waals surface area contributed by atoms with Crippen molar-refractivity contribution in [2.24, 2.45) is 11.8 Å². The largest absolute Gasteiger partial charge is 0.496 e. The summed E-state index contributed by atoms with van der Waals surface area (Å²) < 4.78 is 13.0. The van der Waals surface area contributed by atoms with Gasteiger partial charge in [0, 0.05) is 38.9 Å². The summed E-state index contributed by atoms with van der Waals surface area (Å²) in [5, 5.41) is 12.5. The molecular weight excluding hydrogens is 420 g/mol. The normalized spacial score (nSPS) is 16.8. The fraction of sp³-hybridized carbons (Fsp3) is 0.542. The van der Waals surface area contributed by atoms with Crippen LogP contribution >= 0.6 is 0 Å². The minimum atomic E-state index is 0.141. The number of amides is 1. The Labute approximate surface area is 193 Å². The highest BCUT2D eigenvalue weighted by Crippen LogP contribution is 2.31. The van der Waals surface area contributed by atoms with Crippen LogP contribution in [0.5, 0.6) is 5.75 Å². The molecule has 9 heteroatoms. The molecule has 0 bridgehead atoms. The number of aryl methyl sites for hydroxylation is 1. The molecule has 0 unspecified atom stereocenters. The summed E-state index contributed by atoms with van der Waals surface area (Å²) in [7, 11) is 1.61. The van der Waals surface area contributed by atoms with Gasteiger partial charge in [0.2, 0.25) is 17.6 Å². The van der Waals surface area contributed by atoms with E-state index in [4.69, 9.17) is 9.26 Å². The quantitative estimate of drug-likeness (QED) is 0.494. The van der Waals surface area contributed by atoms with Crippen molar-refractivity contribution in [3.8, 4) is 17.1 Å². The number of hydrogen-bond donors (Lipinski definition) is 0. The van der Waals surface area contributed by atoms with Gasteiger partial charge >= 0.3 is 0 Å². The zero-order chi connectivity index (χ0) is 22.6. The number of nitrogens with zero attached hydrogens (tertiary/aromatic N) is 6. The summed E-state index contributed by atoms with van der Waals surface area (Å²) >= 11 is 0. The molecule has 0 radical (unpaired) electrons. The smallest absolute Gasteiger partial charge is 0.227 e. The Morgan fingerprint density at radius 3 is 2.76 bits per heavy atom. The number of methoxy groups -OCH3 is 1. The van der Waals surface area contributed by atoms with E-state index >= 15 is 0 Å². The van der Waals surface area contributed by atoms with Gasteiger partial charge in [-0.2, -0.15) is 4.98 Å². The number of likely N-dealkylation sites (tertiary alicyclic amines) is 1. The van der Waals surface area contributed by atoms with Crippen molar-refractivity contribution in [2.75, 3.05) is 20.2 Å². The molecule has 1 saturated heterocycles. The van der Waals surface area contributed by atoms with Crippen molar-refractivity contribution in [3.63, 3.8) is 0 Å². The first kappa shape index (κ1) is 21.6. The van der Waals surface area contributed by atoms with Crippen molar-refractivity contribution in [1.29, 1.82) is 0 Å². The Kier molecular flexibility index (Phi) is 6.37. The molecule has 9 nitrogen and oxygen atoms in total. The maximum absolute atomic E-state index is 12.7. The Morgan fingerprint density at radius 2 is 1.97 bits per heavy atom. The predicted octanol–water partition coefficient (Wildman–Crippen LogP) is 3.16. The molecule has 1 aliphatic heterocycles. The standard InChI is InChI=1S/C24H30N6O3/c1-32-20-5-3-2-4-19(20)24-26-22(33-28-24)8-9-23(31)29-12-10-17(11-13-29)14-21-27-25-16-30(21)15-18-6-7-18/h2-5,16-18H,6-15H2,1H3. The molecule has 1 aromatic carbocycles. The van der Waals surface area contributed by atoms with E-state index in [1.165, 1.54) is 12.8 Å². The number of carbonyl (C=O) groups excluding carboxylic acids is 1. The summed E-state index contributed by atoms with van der Waals surface area (Å²) in [5.41, 5.74) is 0.774. The van der Waals surface area contributed by atoms with E-state index in [9.17, 15) is 4.79 Å². The minimum Gasteiger partial charge on any atom is -0.496 e. The van der Waals surface area contributed by atoms with Crippen LogP contribution in [-0.4, -0.2) is 55.9 Å². The molecule has 1 amide bonds. The lowest BCUT2D eigenvalue weighted by atomic mass is 9.93. The van der Waals surface area contributed by atoms with Gasteiger partial charge in [-0.25, -0.2) is 0 Å². The zero-order valence-corrected chi connectivity index (χ0v) is 19.0. The van der Waals surface area contributed by atoms with Crippen LogP contribution in [0.1, 0.15) is 43.8 Å². The van der Waals surface area contributed by atoms with Gasteiger partial charge in [0.1, 0.15) is 17.9 Å². The van der Waals surface area contributed by atoms with Crippen LogP contribution < -0.4 is 4.74 Å². The van der Waals surface area contributed by atoms with E-state index < -0.39 is 0 Å². The highest BCUT2D eigenvalue weighted by atomic mass is 16.5. The predicted molar refractivity (Wildman–Crippen MR) is 120 cm³/mol.